The molecule has 6 N–H and O–H groups in total. The van der Waals surface area contributed by atoms with E-state index in [0.29, 0.717) is 11.9 Å². The summed E-state index contributed by atoms with van der Waals surface area (Å²) >= 11 is 0. The first-order valence-corrected chi connectivity index (χ1v) is 8.66. The normalized spacial score (nSPS) is 19.8. The third kappa shape index (κ3) is 3.28. The maximum atomic E-state index is 5.87. The Morgan fingerprint density at radius 1 is 1.24 bits per heavy atom. The van der Waals surface area contributed by atoms with Gasteiger partial charge >= 0.3 is 0 Å². The molecule has 0 saturated heterocycles. The van der Waals surface area contributed by atoms with E-state index in [0.717, 1.165) is 54.2 Å². The Hall–Kier alpha value is -2.67. The highest BCUT2D eigenvalue weighted by atomic mass is 15.1. The molecule has 130 valence electrons. The summed E-state index contributed by atoms with van der Waals surface area (Å²) in [6.45, 7) is 2.79. The first-order chi connectivity index (χ1) is 12.1. The third-order valence-corrected chi connectivity index (χ3v) is 4.79. The third-order valence-electron chi connectivity index (χ3n) is 4.79. The van der Waals surface area contributed by atoms with Crippen molar-refractivity contribution in [3.8, 4) is 0 Å². The predicted octanol–water partition coefficient (Wildman–Crippen LogP) is 2.10. The number of rotatable bonds is 5. The molecule has 0 bridgehead atoms. The van der Waals surface area contributed by atoms with Crippen molar-refractivity contribution in [1.29, 1.82) is 0 Å². The topological polar surface area (TPSA) is 119 Å². The van der Waals surface area contributed by atoms with Gasteiger partial charge in [0.1, 0.15) is 11.6 Å². The monoisotopic (exact) mass is 337 g/mol. The van der Waals surface area contributed by atoms with E-state index < -0.39 is 0 Å². The van der Waals surface area contributed by atoms with E-state index in [1.165, 1.54) is 5.56 Å². The van der Waals surface area contributed by atoms with Crippen LogP contribution in [0.25, 0.3) is 11.0 Å². The molecule has 0 spiro atoms. The Kier molecular flexibility index (Phi) is 4.01. The van der Waals surface area contributed by atoms with Crippen LogP contribution in [0.1, 0.15) is 35.8 Å². The number of fused-ring (bicyclic) bond motifs is 1. The average molecular weight is 337 g/mol. The van der Waals surface area contributed by atoms with Gasteiger partial charge in [-0.1, -0.05) is 12.1 Å². The number of nitrogens with one attached hydrogen (secondary N) is 2. The van der Waals surface area contributed by atoms with Gasteiger partial charge in [0.05, 0.1) is 16.7 Å². The Balaban J connectivity index is 1.41. The molecule has 0 amide bonds. The average Bonchev–Trinajstić information content (AvgIpc) is 2.96. The second-order valence-electron chi connectivity index (χ2n) is 6.80. The minimum Gasteiger partial charge on any atom is -0.369 e. The number of nitrogens with zero attached hydrogens (tertiary/aromatic N) is 3. The lowest BCUT2D eigenvalue weighted by Crippen LogP contribution is -2.35. The second kappa shape index (κ2) is 6.33. The lowest BCUT2D eigenvalue weighted by Gasteiger charge is -2.32. The fraction of sp³-hybridized carbons (Fsp3) is 0.389. The maximum Gasteiger partial charge on any atom is 0.222 e. The van der Waals surface area contributed by atoms with Gasteiger partial charge in [0.2, 0.25) is 5.95 Å². The summed E-state index contributed by atoms with van der Waals surface area (Å²) in [5, 5.41) is 3.33. The molecule has 1 aromatic carbocycles. The van der Waals surface area contributed by atoms with E-state index in [9.17, 15) is 0 Å². The van der Waals surface area contributed by atoms with Crippen molar-refractivity contribution in [2.24, 2.45) is 5.73 Å². The van der Waals surface area contributed by atoms with Crippen molar-refractivity contribution in [3.63, 3.8) is 0 Å². The Morgan fingerprint density at radius 2 is 2.08 bits per heavy atom. The van der Waals surface area contributed by atoms with Crippen molar-refractivity contribution >= 4 is 22.8 Å². The summed E-state index contributed by atoms with van der Waals surface area (Å²) in [5.41, 5.74) is 16.0. The van der Waals surface area contributed by atoms with Crippen LogP contribution < -0.4 is 16.8 Å². The molecule has 2 aromatic heterocycles. The van der Waals surface area contributed by atoms with E-state index in [1.807, 2.05) is 18.2 Å². The van der Waals surface area contributed by atoms with Crippen LogP contribution in [0, 0.1) is 6.92 Å². The molecule has 7 nitrogen and oxygen atoms in total. The van der Waals surface area contributed by atoms with Crippen LogP contribution in [0.2, 0.25) is 0 Å². The first-order valence-electron chi connectivity index (χ1n) is 8.66. The number of aromatic amines is 1. The summed E-state index contributed by atoms with van der Waals surface area (Å²) < 4.78 is 0. The summed E-state index contributed by atoms with van der Waals surface area (Å²) in [6, 6.07) is 8.43. The minimum absolute atomic E-state index is 0.286. The molecule has 0 aliphatic heterocycles. The standard InChI is InChI=1S/C18H23N7/c1-10-3-2-4-13-17(10)24-15(22-13)5-6-21-16-9-14(23-18(20)25-16)11-7-12(19)8-11/h2-4,9,11-12H,5-8,19H2,1H3,(H,22,24)(H3,20,21,23,25). The van der Waals surface area contributed by atoms with Crippen molar-refractivity contribution in [3.05, 3.63) is 41.3 Å². The minimum atomic E-state index is 0.286. The predicted molar refractivity (Wildman–Crippen MR) is 99.4 cm³/mol. The molecule has 0 atom stereocenters. The zero-order chi connectivity index (χ0) is 17.4. The maximum absolute atomic E-state index is 5.87. The van der Waals surface area contributed by atoms with E-state index in [1.54, 1.807) is 0 Å². The second-order valence-corrected chi connectivity index (χ2v) is 6.80. The van der Waals surface area contributed by atoms with E-state index in [2.05, 4.69) is 38.2 Å². The number of anilines is 2. The number of hydrogen-bond donors (Lipinski definition) is 4. The van der Waals surface area contributed by atoms with Gasteiger partial charge in [0, 0.05) is 31.0 Å². The van der Waals surface area contributed by atoms with Crippen LogP contribution in [0.5, 0.6) is 0 Å². The van der Waals surface area contributed by atoms with Crippen molar-refractivity contribution in [1.82, 2.24) is 19.9 Å². The molecule has 7 heteroatoms. The Bertz CT molecular complexity index is 896. The van der Waals surface area contributed by atoms with Crippen LogP contribution in [0.4, 0.5) is 11.8 Å². The Morgan fingerprint density at radius 3 is 2.84 bits per heavy atom. The molecule has 1 aliphatic carbocycles. The van der Waals surface area contributed by atoms with Gasteiger partial charge in [-0.15, -0.1) is 0 Å². The number of benzene rings is 1. The Labute approximate surface area is 146 Å². The molecule has 0 unspecified atom stereocenters. The van der Waals surface area contributed by atoms with E-state index >= 15 is 0 Å². The van der Waals surface area contributed by atoms with Gasteiger partial charge in [0.25, 0.3) is 0 Å². The molecule has 1 aliphatic rings. The van der Waals surface area contributed by atoms with Crippen molar-refractivity contribution < 1.29 is 0 Å². The van der Waals surface area contributed by atoms with E-state index in [4.69, 9.17) is 11.5 Å². The fourth-order valence-electron chi connectivity index (χ4n) is 3.34. The summed E-state index contributed by atoms with van der Waals surface area (Å²) in [5.74, 6) is 2.43. The number of para-hydroxylation sites is 1. The molecule has 1 fully saturated rings. The highest BCUT2D eigenvalue weighted by Crippen LogP contribution is 2.35. The van der Waals surface area contributed by atoms with Crippen LogP contribution in [-0.4, -0.2) is 32.5 Å². The molecule has 2 heterocycles. The molecule has 0 radical (unpaired) electrons. The van der Waals surface area contributed by atoms with Crippen LogP contribution >= 0.6 is 0 Å². The summed E-state index contributed by atoms with van der Waals surface area (Å²) in [6.07, 6.45) is 2.71. The van der Waals surface area contributed by atoms with Crippen molar-refractivity contribution in [2.45, 2.75) is 38.1 Å². The number of aromatic nitrogens is 4. The highest BCUT2D eigenvalue weighted by molar-refractivity contribution is 5.78. The smallest absolute Gasteiger partial charge is 0.222 e. The molecule has 4 rings (SSSR count). The highest BCUT2D eigenvalue weighted by Gasteiger charge is 2.29. The zero-order valence-corrected chi connectivity index (χ0v) is 14.3. The van der Waals surface area contributed by atoms with Crippen LogP contribution in [0.3, 0.4) is 0 Å². The first kappa shape index (κ1) is 15.8. The summed E-state index contributed by atoms with van der Waals surface area (Å²) in [7, 11) is 0. The lowest BCUT2D eigenvalue weighted by molar-refractivity contribution is 0.345. The fourth-order valence-corrected chi connectivity index (χ4v) is 3.34. The molecule has 25 heavy (non-hydrogen) atoms. The number of aryl methyl sites for hydroxylation is 1. The van der Waals surface area contributed by atoms with E-state index in [-0.39, 0.29) is 6.04 Å². The molecular formula is C18H23N7. The molecule has 1 saturated carbocycles. The van der Waals surface area contributed by atoms with Gasteiger partial charge in [-0.05, 0) is 31.4 Å². The zero-order valence-electron chi connectivity index (χ0n) is 14.3. The number of nitrogens with two attached hydrogens (primary N) is 2. The van der Waals surface area contributed by atoms with Crippen LogP contribution in [0.15, 0.2) is 24.3 Å². The number of imidazole rings is 1. The quantitative estimate of drug-likeness (QED) is 0.566. The number of hydrogen-bond acceptors (Lipinski definition) is 6. The summed E-state index contributed by atoms with van der Waals surface area (Å²) in [4.78, 5) is 16.7. The largest absolute Gasteiger partial charge is 0.369 e. The van der Waals surface area contributed by atoms with Gasteiger partial charge in [-0.2, -0.15) is 4.98 Å². The van der Waals surface area contributed by atoms with Gasteiger partial charge in [-0.3, -0.25) is 0 Å². The van der Waals surface area contributed by atoms with Crippen LogP contribution in [-0.2, 0) is 6.42 Å². The number of H-pyrrole nitrogens is 1. The van der Waals surface area contributed by atoms with Gasteiger partial charge < -0.3 is 21.8 Å². The van der Waals surface area contributed by atoms with Gasteiger partial charge in [0.15, 0.2) is 0 Å². The molecular weight excluding hydrogens is 314 g/mol. The van der Waals surface area contributed by atoms with Crippen molar-refractivity contribution in [2.75, 3.05) is 17.6 Å². The van der Waals surface area contributed by atoms with Gasteiger partial charge in [-0.25, -0.2) is 9.97 Å². The lowest BCUT2D eigenvalue weighted by atomic mass is 9.78. The molecule has 3 aromatic rings. The number of nitrogen functional groups attached to an aromatic ring is 1. The SMILES string of the molecule is Cc1cccc2[nH]c(CCNc3cc(C4CC(N)C4)nc(N)n3)nc12.